The Morgan fingerprint density at radius 2 is 1.90 bits per heavy atom. The molecule has 0 saturated carbocycles. The van der Waals surface area contributed by atoms with E-state index in [1.807, 2.05) is 42.5 Å². The Morgan fingerprint density at radius 3 is 2.66 bits per heavy atom. The lowest BCUT2D eigenvalue weighted by Gasteiger charge is -2.12. The molecule has 0 fully saturated rings. The van der Waals surface area contributed by atoms with Crippen molar-refractivity contribution in [2.75, 3.05) is 13.7 Å². The number of phenolic OH excluding ortho intramolecular Hbond substituents is 1. The van der Waals surface area contributed by atoms with E-state index in [0.717, 1.165) is 34.2 Å². The van der Waals surface area contributed by atoms with Gasteiger partial charge >= 0.3 is 5.97 Å². The Hall–Kier alpha value is -3.67. The lowest BCUT2D eigenvalue weighted by atomic mass is 10.0. The molecule has 1 aliphatic rings. The van der Waals surface area contributed by atoms with Gasteiger partial charge in [-0.2, -0.15) is 0 Å². The predicted molar refractivity (Wildman–Crippen MR) is 110 cm³/mol. The maximum atomic E-state index is 12.9. The minimum atomic E-state index is -0.519. The van der Waals surface area contributed by atoms with Gasteiger partial charge in [-0.15, -0.1) is 0 Å². The molecule has 3 aromatic rings. The topological polar surface area (TPSA) is 88.5 Å². The van der Waals surface area contributed by atoms with Crippen molar-refractivity contribution in [3.05, 3.63) is 70.9 Å². The van der Waals surface area contributed by atoms with Crippen LogP contribution in [0.25, 0.3) is 22.6 Å². The number of fused-ring (bicyclic) bond motifs is 2. The van der Waals surface area contributed by atoms with Crippen molar-refractivity contribution in [1.82, 2.24) is 10.3 Å². The van der Waals surface area contributed by atoms with Crippen molar-refractivity contribution >= 4 is 34.4 Å². The summed E-state index contributed by atoms with van der Waals surface area (Å²) in [5.41, 5.74) is 4.78. The molecule has 2 aromatic carbocycles. The zero-order valence-corrected chi connectivity index (χ0v) is 15.9. The standard InChI is InChI=1S/C23H20N2O4/c1-24-20(27)13-29-23(28)21-17-4-2-3-5-19(17)25-22-15(8-11-18(21)22)12-14-6-9-16(26)10-7-14/h2-7,9-10,12,26H,8,11,13H2,1H3,(H,24,27). The number of pyridine rings is 1. The first-order valence-electron chi connectivity index (χ1n) is 9.36. The van der Waals surface area contributed by atoms with E-state index in [4.69, 9.17) is 9.72 Å². The van der Waals surface area contributed by atoms with Gasteiger partial charge in [-0.05, 0) is 53.8 Å². The molecule has 0 aliphatic heterocycles. The SMILES string of the molecule is CNC(=O)COC(=O)c1c2c(nc3ccccc13)C(=Cc1ccc(O)cc1)CC2. The number of carbonyl (C=O) groups excluding carboxylic acids is 2. The number of esters is 1. The molecule has 0 atom stereocenters. The fourth-order valence-corrected chi connectivity index (χ4v) is 3.56. The number of para-hydroxylation sites is 1. The van der Waals surface area contributed by atoms with E-state index in [-0.39, 0.29) is 18.3 Å². The fourth-order valence-electron chi connectivity index (χ4n) is 3.56. The van der Waals surface area contributed by atoms with Gasteiger partial charge in [0, 0.05) is 12.4 Å². The van der Waals surface area contributed by atoms with Gasteiger partial charge in [0.25, 0.3) is 5.91 Å². The number of hydrogen-bond donors (Lipinski definition) is 2. The van der Waals surface area contributed by atoms with E-state index < -0.39 is 5.97 Å². The van der Waals surface area contributed by atoms with Crippen molar-refractivity contribution in [3.63, 3.8) is 0 Å². The third kappa shape index (κ3) is 3.69. The van der Waals surface area contributed by atoms with E-state index in [9.17, 15) is 14.7 Å². The number of amides is 1. The van der Waals surface area contributed by atoms with Crippen LogP contribution in [0, 0.1) is 0 Å². The molecule has 0 saturated heterocycles. The third-order valence-electron chi connectivity index (χ3n) is 4.99. The molecular weight excluding hydrogens is 368 g/mol. The summed E-state index contributed by atoms with van der Waals surface area (Å²) in [4.78, 5) is 29.2. The monoisotopic (exact) mass is 388 g/mol. The fraction of sp³-hybridized carbons (Fsp3) is 0.174. The van der Waals surface area contributed by atoms with Crippen LogP contribution in [-0.2, 0) is 16.0 Å². The molecule has 146 valence electrons. The maximum absolute atomic E-state index is 12.9. The Kier molecular flexibility index (Phi) is 4.99. The van der Waals surface area contributed by atoms with Crippen LogP contribution in [-0.4, -0.2) is 35.6 Å². The molecule has 1 amide bonds. The lowest BCUT2D eigenvalue weighted by molar-refractivity contribution is -0.123. The molecule has 0 bridgehead atoms. The highest BCUT2D eigenvalue weighted by molar-refractivity contribution is 6.07. The number of benzene rings is 2. The number of hydrogen-bond acceptors (Lipinski definition) is 5. The quantitative estimate of drug-likeness (QED) is 0.670. The number of nitrogens with one attached hydrogen (secondary N) is 1. The molecule has 1 aromatic heterocycles. The second-order valence-electron chi connectivity index (χ2n) is 6.84. The Labute approximate surface area is 167 Å². The highest BCUT2D eigenvalue weighted by Crippen LogP contribution is 2.37. The van der Waals surface area contributed by atoms with Crippen molar-refractivity contribution < 1.29 is 19.4 Å². The summed E-state index contributed by atoms with van der Waals surface area (Å²) < 4.78 is 5.25. The predicted octanol–water partition coefficient (Wildman–Crippen LogP) is 3.33. The van der Waals surface area contributed by atoms with Gasteiger partial charge in [-0.1, -0.05) is 30.3 Å². The average Bonchev–Trinajstić information content (AvgIpc) is 3.13. The van der Waals surface area contributed by atoms with Gasteiger partial charge in [0.15, 0.2) is 6.61 Å². The van der Waals surface area contributed by atoms with E-state index >= 15 is 0 Å². The van der Waals surface area contributed by atoms with Crippen molar-refractivity contribution in [3.8, 4) is 5.75 Å². The summed E-state index contributed by atoms with van der Waals surface area (Å²) in [6.07, 6.45) is 3.43. The first-order valence-corrected chi connectivity index (χ1v) is 9.36. The van der Waals surface area contributed by atoms with Crippen LogP contribution in [0.4, 0.5) is 0 Å². The van der Waals surface area contributed by atoms with Crippen LogP contribution in [0.1, 0.15) is 33.6 Å². The number of carbonyl (C=O) groups is 2. The molecule has 2 N–H and O–H groups in total. The second kappa shape index (κ2) is 7.75. The normalized spacial score (nSPS) is 14.0. The van der Waals surface area contributed by atoms with Crippen LogP contribution in [0.2, 0.25) is 0 Å². The van der Waals surface area contributed by atoms with Gasteiger partial charge < -0.3 is 15.2 Å². The van der Waals surface area contributed by atoms with Gasteiger partial charge in [0.2, 0.25) is 0 Å². The van der Waals surface area contributed by atoms with Gasteiger partial charge in [0.05, 0.1) is 16.8 Å². The second-order valence-corrected chi connectivity index (χ2v) is 6.84. The molecule has 0 unspecified atom stereocenters. The summed E-state index contributed by atoms with van der Waals surface area (Å²) >= 11 is 0. The van der Waals surface area contributed by atoms with Crippen molar-refractivity contribution in [2.45, 2.75) is 12.8 Å². The molecular formula is C23H20N2O4. The minimum Gasteiger partial charge on any atom is -0.508 e. The summed E-state index contributed by atoms with van der Waals surface area (Å²) in [6.45, 7) is -0.322. The van der Waals surface area contributed by atoms with E-state index in [1.165, 1.54) is 7.05 Å². The van der Waals surface area contributed by atoms with E-state index in [2.05, 4.69) is 5.32 Å². The van der Waals surface area contributed by atoms with Crippen LogP contribution in [0.3, 0.4) is 0 Å². The van der Waals surface area contributed by atoms with Crippen LogP contribution >= 0.6 is 0 Å². The number of ether oxygens (including phenoxy) is 1. The smallest absolute Gasteiger partial charge is 0.339 e. The average molecular weight is 388 g/mol. The molecule has 6 heteroatoms. The first kappa shape index (κ1) is 18.7. The molecule has 1 aliphatic carbocycles. The number of aromatic hydroxyl groups is 1. The summed E-state index contributed by atoms with van der Waals surface area (Å²) in [5, 5.41) is 12.7. The van der Waals surface area contributed by atoms with Gasteiger partial charge in [-0.25, -0.2) is 9.78 Å². The Bertz CT molecular complexity index is 1130. The molecule has 29 heavy (non-hydrogen) atoms. The zero-order chi connectivity index (χ0) is 20.4. The Balaban J connectivity index is 1.80. The minimum absolute atomic E-state index is 0.212. The number of allylic oxidation sites excluding steroid dienone is 1. The van der Waals surface area contributed by atoms with Gasteiger partial charge in [0.1, 0.15) is 5.75 Å². The maximum Gasteiger partial charge on any atom is 0.339 e. The van der Waals surface area contributed by atoms with Crippen LogP contribution in [0.5, 0.6) is 5.75 Å². The zero-order valence-electron chi connectivity index (χ0n) is 15.9. The molecule has 1 heterocycles. The highest BCUT2D eigenvalue weighted by atomic mass is 16.5. The lowest BCUT2D eigenvalue weighted by Crippen LogP contribution is -2.25. The van der Waals surface area contributed by atoms with Crippen molar-refractivity contribution in [2.24, 2.45) is 0 Å². The van der Waals surface area contributed by atoms with Crippen LogP contribution in [0.15, 0.2) is 48.5 Å². The largest absolute Gasteiger partial charge is 0.508 e. The van der Waals surface area contributed by atoms with Crippen molar-refractivity contribution in [1.29, 1.82) is 0 Å². The molecule has 0 spiro atoms. The van der Waals surface area contributed by atoms with Crippen LogP contribution < -0.4 is 5.32 Å². The molecule has 0 radical (unpaired) electrons. The highest BCUT2D eigenvalue weighted by Gasteiger charge is 2.27. The first-order chi connectivity index (χ1) is 14.1. The molecule has 4 rings (SSSR count). The van der Waals surface area contributed by atoms with E-state index in [0.29, 0.717) is 17.5 Å². The third-order valence-corrected chi connectivity index (χ3v) is 4.99. The summed E-state index contributed by atoms with van der Waals surface area (Å²) in [5.74, 6) is -0.667. The van der Waals surface area contributed by atoms with E-state index in [1.54, 1.807) is 12.1 Å². The number of nitrogens with zero attached hydrogens (tertiary/aromatic N) is 1. The summed E-state index contributed by atoms with van der Waals surface area (Å²) in [6, 6.07) is 14.4. The number of phenols is 1. The van der Waals surface area contributed by atoms with Gasteiger partial charge in [-0.3, -0.25) is 4.79 Å². The Morgan fingerprint density at radius 1 is 1.14 bits per heavy atom. The number of likely N-dealkylation sites (N-methyl/N-ethyl adjacent to an activating group) is 1. The molecule has 6 nitrogen and oxygen atoms in total. The summed E-state index contributed by atoms with van der Waals surface area (Å²) in [7, 11) is 1.50. The number of rotatable bonds is 4. The number of aromatic nitrogens is 1.